The average Bonchev–Trinajstić information content (AvgIpc) is 3.06. The Balaban J connectivity index is 1.45. The van der Waals surface area contributed by atoms with Gasteiger partial charge in [-0.05, 0) is 30.7 Å². The van der Waals surface area contributed by atoms with E-state index in [1.54, 1.807) is 24.3 Å². The number of carbonyl (C=O) groups excluding carboxylic acids is 3. The lowest BCUT2D eigenvalue weighted by Gasteiger charge is -2.09. The number of anilines is 2. The zero-order chi connectivity index (χ0) is 35.0. The van der Waals surface area contributed by atoms with Crippen molar-refractivity contribution in [3.05, 3.63) is 53.6 Å². The average molecular weight is 683 g/mol. The summed E-state index contributed by atoms with van der Waals surface area (Å²) in [6.45, 7) is 2.31. The van der Waals surface area contributed by atoms with Crippen molar-refractivity contribution in [3.8, 4) is 5.75 Å². The Labute approximate surface area is 281 Å². The van der Waals surface area contributed by atoms with Gasteiger partial charge in [0, 0.05) is 23.9 Å². The number of hydrogen-bond donors (Lipinski definition) is 2. The summed E-state index contributed by atoms with van der Waals surface area (Å²) in [5.41, 5.74) is 1.23. The van der Waals surface area contributed by atoms with Crippen LogP contribution in [0, 0.1) is 23.3 Å². The molecule has 2 rings (SSSR count). The molecule has 0 heterocycles. The molecule has 48 heavy (non-hydrogen) atoms. The number of ether oxygens (including phenoxy) is 3. The predicted octanol–water partition coefficient (Wildman–Crippen LogP) is 9.02. The largest absolute Gasteiger partial charge is 0.420 e. The molecule has 8 nitrogen and oxygen atoms in total. The molecule has 2 aromatic carbocycles. The fourth-order valence-electron chi connectivity index (χ4n) is 4.84. The van der Waals surface area contributed by atoms with Crippen LogP contribution >= 0.6 is 0 Å². The minimum absolute atomic E-state index is 0.00979. The van der Waals surface area contributed by atoms with Crippen LogP contribution in [0.25, 0.3) is 0 Å². The molecule has 268 valence electrons. The maximum Gasteiger partial charge on any atom is 0.313 e. The summed E-state index contributed by atoms with van der Waals surface area (Å²) in [7, 11) is 0. The van der Waals surface area contributed by atoms with E-state index in [0.717, 1.165) is 19.3 Å². The molecule has 0 saturated heterocycles. The van der Waals surface area contributed by atoms with E-state index in [1.165, 1.54) is 64.2 Å². The van der Waals surface area contributed by atoms with Crippen molar-refractivity contribution in [2.24, 2.45) is 0 Å². The van der Waals surface area contributed by atoms with Crippen LogP contribution in [-0.4, -0.2) is 44.2 Å². The highest BCUT2D eigenvalue weighted by atomic mass is 19.2. The summed E-state index contributed by atoms with van der Waals surface area (Å²) in [4.78, 5) is 36.2. The van der Waals surface area contributed by atoms with Gasteiger partial charge in [-0.3, -0.25) is 14.4 Å². The first-order valence-electron chi connectivity index (χ1n) is 17.1. The van der Waals surface area contributed by atoms with E-state index in [9.17, 15) is 31.9 Å². The fraction of sp³-hybridized carbons (Fsp3) is 0.583. The second-order valence-electron chi connectivity index (χ2n) is 11.7. The van der Waals surface area contributed by atoms with Gasteiger partial charge in [-0.1, -0.05) is 84.0 Å². The van der Waals surface area contributed by atoms with Crippen molar-refractivity contribution in [2.75, 3.05) is 37.1 Å². The van der Waals surface area contributed by atoms with E-state index in [1.807, 2.05) is 0 Å². The summed E-state index contributed by atoms with van der Waals surface area (Å²) in [6, 6.07) is 6.86. The quantitative estimate of drug-likeness (QED) is 0.0338. The molecule has 0 saturated carbocycles. The Hall–Kier alpha value is -3.51. The third kappa shape index (κ3) is 17.6. The van der Waals surface area contributed by atoms with Crippen LogP contribution in [0.5, 0.6) is 5.75 Å². The third-order valence-corrected chi connectivity index (χ3v) is 7.54. The number of hydrogen-bond acceptors (Lipinski definition) is 6. The van der Waals surface area contributed by atoms with Gasteiger partial charge in [0.2, 0.25) is 29.2 Å². The van der Waals surface area contributed by atoms with Gasteiger partial charge in [-0.2, -0.15) is 8.78 Å². The van der Waals surface area contributed by atoms with Gasteiger partial charge in [0.1, 0.15) is 0 Å². The lowest BCUT2D eigenvalue weighted by Crippen LogP contribution is -2.17. The summed E-state index contributed by atoms with van der Waals surface area (Å²) in [5.74, 6) is -9.88. The minimum atomic E-state index is -1.81. The second kappa shape index (κ2) is 24.6. The monoisotopic (exact) mass is 682 g/mol. The van der Waals surface area contributed by atoms with E-state index < -0.39 is 41.4 Å². The van der Waals surface area contributed by atoms with E-state index >= 15 is 0 Å². The van der Waals surface area contributed by atoms with Crippen molar-refractivity contribution >= 4 is 29.2 Å². The molecule has 0 aliphatic carbocycles. The highest BCUT2D eigenvalue weighted by Crippen LogP contribution is 2.26. The molecule has 0 atom stereocenters. The van der Waals surface area contributed by atoms with Crippen LogP contribution in [-0.2, 0) is 23.9 Å². The van der Waals surface area contributed by atoms with Gasteiger partial charge >= 0.3 is 5.97 Å². The molecule has 2 N–H and O–H groups in total. The highest BCUT2D eigenvalue weighted by Gasteiger charge is 2.23. The summed E-state index contributed by atoms with van der Waals surface area (Å²) in [6.07, 6.45) is 16.5. The second-order valence-corrected chi connectivity index (χ2v) is 11.7. The Kier molecular flexibility index (Phi) is 20.8. The van der Waals surface area contributed by atoms with Gasteiger partial charge < -0.3 is 24.8 Å². The molecule has 0 bridgehead atoms. The third-order valence-electron chi connectivity index (χ3n) is 7.54. The number of esters is 1. The summed E-state index contributed by atoms with van der Waals surface area (Å²) < 4.78 is 68.4. The molecule has 2 amide bonds. The van der Waals surface area contributed by atoms with Crippen molar-refractivity contribution in [1.82, 2.24) is 0 Å². The maximum atomic E-state index is 13.6. The number of nitrogens with one attached hydrogen (secondary N) is 2. The van der Waals surface area contributed by atoms with Crippen LogP contribution in [0.3, 0.4) is 0 Å². The normalized spacial score (nSPS) is 11.0. The maximum absolute atomic E-state index is 13.6. The Morgan fingerprint density at radius 2 is 0.979 bits per heavy atom. The molecule has 0 radical (unpaired) electrons. The fourth-order valence-corrected chi connectivity index (χ4v) is 4.84. The standard InChI is InChI=1S/C36H50F4N2O6/c1-2-3-4-5-6-7-8-9-10-11-12-13-14-15-31(43)41-27-16-18-28(19-17-27)42-32(44)20-22-46-24-25-47-23-21-33(45)48-36-34(39)29(37)26-30(38)35(36)40/h16-19,26H,2-15,20-25H2,1H3,(H,41,43)(H,42,44). The lowest BCUT2D eigenvalue weighted by atomic mass is 10.0. The molecule has 0 aliphatic rings. The number of amides is 2. The molecule has 2 aromatic rings. The van der Waals surface area contributed by atoms with E-state index in [0.29, 0.717) is 17.8 Å². The van der Waals surface area contributed by atoms with E-state index in [-0.39, 0.29) is 50.7 Å². The molecule has 0 aromatic heterocycles. The number of benzene rings is 2. The lowest BCUT2D eigenvalue weighted by molar-refractivity contribution is -0.136. The molecule has 0 aliphatic heterocycles. The predicted molar refractivity (Wildman–Crippen MR) is 177 cm³/mol. The number of rotatable bonds is 26. The Morgan fingerprint density at radius 1 is 0.562 bits per heavy atom. The number of carbonyl (C=O) groups is 3. The van der Waals surface area contributed by atoms with E-state index in [2.05, 4.69) is 22.3 Å². The Bertz CT molecular complexity index is 1220. The van der Waals surface area contributed by atoms with Crippen LogP contribution in [0.15, 0.2) is 30.3 Å². The van der Waals surface area contributed by atoms with E-state index in [4.69, 9.17) is 9.47 Å². The van der Waals surface area contributed by atoms with Crippen LogP contribution in [0.4, 0.5) is 28.9 Å². The molecular formula is C36H50F4N2O6. The molecule has 0 fully saturated rings. The zero-order valence-corrected chi connectivity index (χ0v) is 28.0. The molecule has 12 heteroatoms. The van der Waals surface area contributed by atoms with Crippen LogP contribution in [0.2, 0.25) is 0 Å². The first-order valence-corrected chi connectivity index (χ1v) is 17.1. The van der Waals surface area contributed by atoms with Crippen molar-refractivity contribution in [3.63, 3.8) is 0 Å². The smallest absolute Gasteiger partial charge is 0.313 e. The summed E-state index contributed by atoms with van der Waals surface area (Å²) >= 11 is 0. The minimum Gasteiger partial charge on any atom is -0.420 e. The topological polar surface area (TPSA) is 103 Å². The first kappa shape index (κ1) is 40.7. The van der Waals surface area contributed by atoms with Crippen LogP contribution < -0.4 is 15.4 Å². The summed E-state index contributed by atoms with van der Waals surface area (Å²) in [5, 5.41) is 5.63. The van der Waals surface area contributed by atoms with Gasteiger partial charge in [-0.25, -0.2) is 8.78 Å². The SMILES string of the molecule is CCCCCCCCCCCCCCCC(=O)Nc1ccc(NC(=O)CCOCCOCCC(=O)Oc2c(F)c(F)cc(F)c2F)cc1. The van der Waals surface area contributed by atoms with Crippen molar-refractivity contribution < 1.29 is 46.2 Å². The molecule has 0 spiro atoms. The number of unbranched alkanes of at least 4 members (excludes halogenated alkanes) is 12. The highest BCUT2D eigenvalue weighted by molar-refractivity contribution is 5.93. The van der Waals surface area contributed by atoms with Crippen molar-refractivity contribution in [2.45, 2.75) is 110 Å². The van der Waals surface area contributed by atoms with Gasteiger partial charge in [0.15, 0.2) is 11.6 Å². The molecular weight excluding hydrogens is 632 g/mol. The Morgan fingerprint density at radius 3 is 1.46 bits per heavy atom. The van der Waals surface area contributed by atoms with Crippen molar-refractivity contribution in [1.29, 1.82) is 0 Å². The van der Waals surface area contributed by atoms with Crippen LogP contribution in [0.1, 0.15) is 110 Å². The zero-order valence-electron chi connectivity index (χ0n) is 28.0. The van der Waals surface area contributed by atoms with Gasteiger partial charge in [0.05, 0.1) is 39.3 Å². The number of halogens is 4. The van der Waals surface area contributed by atoms with Gasteiger partial charge in [0.25, 0.3) is 0 Å². The first-order chi connectivity index (χ1) is 23.2. The molecule has 0 unspecified atom stereocenters. The van der Waals surface area contributed by atoms with Gasteiger partial charge in [-0.15, -0.1) is 0 Å².